The molecule has 1 aliphatic rings. The van der Waals surface area contributed by atoms with Crippen molar-refractivity contribution in [1.82, 2.24) is 10.6 Å². The van der Waals surface area contributed by atoms with Gasteiger partial charge < -0.3 is 10.4 Å². The van der Waals surface area contributed by atoms with Gasteiger partial charge in [0.15, 0.2) is 0 Å². The summed E-state index contributed by atoms with van der Waals surface area (Å²) in [5, 5.41) is 14.5. The van der Waals surface area contributed by atoms with E-state index >= 15 is 0 Å². The molecule has 0 saturated carbocycles. The first kappa shape index (κ1) is 15.0. The van der Waals surface area contributed by atoms with Crippen molar-refractivity contribution >= 4 is 11.9 Å². The summed E-state index contributed by atoms with van der Waals surface area (Å²) in [4.78, 5) is 22.1. The van der Waals surface area contributed by atoms with Crippen LogP contribution in [-0.2, 0) is 4.79 Å². The number of imide groups is 1. The highest BCUT2D eigenvalue weighted by Gasteiger charge is 2.28. The fraction of sp³-hybridized carbons (Fsp3) is 0.846. The minimum Gasteiger partial charge on any atom is -0.393 e. The maximum absolute atomic E-state index is 11.2. The average Bonchev–Trinajstić information content (AvgIpc) is 2.64. The minimum atomic E-state index is -0.399. The number of carbonyl (C=O) groups excluding carboxylic acids is 2. The van der Waals surface area contributed by atoms with E-state index in [0.29, 0.717) is 6.42 Å². The molecular formula is C13H24N2O3. The zero-order chi connectivity index (χ0) is 13.4. The topological polar surface area (TPSA) is 78.4 Å². The normalized spacial score (nSPS) is 20.7. The third kappa shape index (κ3) is 5.49. The molecule has 0 aliphatic carbocycles. The number of carbonyl (C=O) groups is 2. The van der Waals surface area contributed by atoms with Gasteiger partial charge in [0.05, 0.1) is 6.10 Å². The van der Waals surface area contributed by atoms with Crippen LogP contribution in [0.3, 0.4) is 0 Å². The van der Waals surface area contributed by atoms with Gasteiger partial charge in [-0.3, -0.25) is 10.1 Å². The maximum Gasteiger partial charge on any atom is 0.322 e. The molecule has 2 unspecified atom stereocenters. The van der Waals surface area contributed by atoms with E-state index in [-0.39, 0.29) is 18.1 Å². The molecule has 0 bridgehead atoms. The number of hydrogen-bond donors (Lipinski definition) is 3. The summed E-state index contributed by atoms with van der Waals surface area (Å²) < 4.78 is 0. The Hall–Kier alpha value is -1.10. The van der Waals surface area contributed by atoms with Gasteiger partial charge in [-0.2, -0.15) is 0 Å². The largest absolute Gasteiger partial charge is 0.393 e. The third-order valence-electron chi connectivity index (χ3n) is 3.28. The van der Waals surface area contributed by atoms with Crippen LogP contribution in [0.1, 0.15) is 58.3 Å². The van der Waals surface area contributed by atoms with E-state index in [0.717, 1.165) is 32.1 Å². The summed E-state index contributed by atoms with van der Waals surface area (Å²) in [6.07, 6.45) is 7.26. The molecule has 5 nitrogen and oxygen atoms in total. The lowest BCUT2D eigenvalue weighted by Gasteiger charge is -2.11. The van der Waals surface area contributed by atoms with Gasteiger partial charge in [-0.1, -0.05) is 39.0 Å². The molecule has 0 aromatic rings. The summed E-state index contributed by atoms with van der Waals surface area (Å²) in [5.41, 5.74) is 0. The molecule has 0 spiro atoms. The van der Waals surface area contributed by atoms with Crippen molar-refractivity contribution in [3.63, 3.8) is 0 Å². The summed E-state index contributed by atoms with van der Waals surface area (Å²) >= 11 is 0. The lowest BCUT2D eigenvalue weighted by molar-refractivity contribution is -0.120. The Bertz CT molecular complexity index is 281. The van der Waals surface area contributed by atoms with Gasteiger partial charge in [0.25, 0.3) is 5.91 Å². The Balaban J connectivity index is 2.01. The Kier molecular flexibility index (Phi) is 6.72. The summed E-state index contributed by atoms with van der Waals surface area (Å²) in [6, 6.07) is -0.778. The predicted octanol–water partition coefficient (Wildman–Crippen LogP) is 1.70. The van der Waals surface area contributed by atoms with Crippen molar-refractivity contribution in [2.75, 3.05) is 0 Å². The molecule has 1 heterocycles. The number of aliphatic hydroxyl groups is 1. The lowest BCUT2D eigenvalue weighted by atomic mass is 10.0. The smallest absolute Gasteiger partial charge is 0.322 e. The van der Waals surface area contributed by atoms with Crippen LogP contribution in [0.15, 0.2) is 0 Å². The number of nitrogens with one attached hydrogen (secondary N) is 2. The van der Waals surface area contributed by atoms with E-state index in [4.69, 9.17) is 0 Å². The second-order valence-corrected chi connectivity index (χ2v) is 4.95. The monoisotopic (exact) mass is 256 g/mol. The quantitative estimate of drug-likeness (QED) is 0.434. The molecule has 104 valence electrons. The molecule has 5 heteroatoms. The maximum atomic E-state index is 11.2. The molecule has 0 aromatic heterocycles. The molecule has 1 fully saturated rings. The van der Waals surface area contributed by atoms with E-state index in [2.05, 4.69) is 17.6 Å². The van der Waals surface area contributed by atoms with Gasteiger partial charge in [-0.05, 0) is 19.3 Å². The highest BCUT2D eigenvalue weighted by atomic mass is 16.3. The van der Waals surface area contributed by atoms with Crippen LogP contribution in [0.2, 0.25) is 0 Å². The fourth-order valence-electron chi connectivity index (χ4n) is 2.16. The molecule has 3 amide bonds. The zero-order valence-electron chi connectivity index (χ0n) is 11.1. The molecule has 1 rings (SSSR count). The van der Waals surface area contributed by atoms with Gasteiger partial charge >= 0.3 is 6.03 Å². The molecule has 0 radical (unpaired) electrons. The number of hydrogen-bond acceptors (Lipinski definition) is 3. The van der Waals surface area contributed by atoms with Crippen LogP contribution in [0, 0.1) is 0 Å². The van der Waals surface area contributed by atoms with Gasteiger partial charge in [0.2, 0.25) is 0 Å². The summed E-state index contributed by atoms with van der Waals surface area (Å²) in [7, 11) is 0. The number of aliphatic hydroxyl groups excluding tert-OH is 1. The Morgan fingerprint density at radius 3 is 2.39 bits per heavy atom. The Labute approximate surface area is 108 Å². The molecule has 1 aliphatic heterocycles. The number of amides is 3. The van der Waals surface area contributed by atoms with E-state index < -0.39 is 6.03 Å². The van der Waals surface area contributed by atoms with E-state index in [1.807, 2.05) is 0 Å². The van der Waals surface area contributed by atoms with Crippen molar-refractivity contribution in [2.24, 2.45) is 0 Å². The standard InChI is InChI=1S/C13H24N2O3/c1-2-3-4-7-10(16)8-5-6-9-11-12(17)15-13(18)14-11/h10-11,16H,2-9H2,1H3,(H2,14,15,17,18). The first-order valence-corrected chi connectivity index (χ1v) is 6.93. The SMILES string of the molecule is CCCCCC(O)CCCCC1NC(=O)NC1=O. The van der Waals surface area contributed by atoms with E-state index in [9.17, 15) is 14.7 Å². The first-order valence-electron chi connectivity index (χ1n) is 6.93. The van der Waals surface area contributed by atoms with Gasteiger partial charge in [0.1, 0.15) is 6.04 Å². The van der Waals surface area contributed by atoms with Gasteiger partial charge in [0, 0.05) is 0 Å². The van der Waals surface area contributed by atoms with E-state index in [1.54, 1.807) is 0 Å². The van der Waals surface area contributed by atoms with Crippen molar-refractivity contribution in [2.45, 2.75) is 70.4 Å². The molecule has 0 aromatic carbocycles. The molecule has 1 saturated heterocycles. The van der Waals surface area contributed by atoms with E-state index in [1.165, 1.54) is 12.8 Å². The second kappa shape index (κ2) is 8.08. The van der Waals surface area contributed by atoms with Crippen molar-refractivity contribution < 1.29 is 14.7 Å². The summed E-state index contributed by atoms with van der Waals surface area (Å²) in [6.45, 7) is 2.15. The highest BCUT2D eigenvalue weighted by Crippen LogP contribution is 2.12. The van der Waals surface area contributed by atoms with Crippen LogP contribution >= 0.6 is 0 Å². The van der Waals surface area contributed by atoms with Crippen LogP contribution in [0.4, 0.5) is 4.79 Å². The van der Waals surface area contributed by atoms with Crippen LogP contribution in [-0.4, -0.2) is 29.2 Å². The Morgan fingerprint density at radius 2 is 1.83 bits per heavy atom. The summed E-state index contributed by atoms with van der Waals surface area (Å²) in [5.74, 6) is -0.233. The first-order chi connectivity index (χ1) is 8.63. The van der Waals surface area contributed by atoms with Crippen molar-refractivity contribution in [3.05, 3.63) is 0 Å². The highest BCUT2D eigenvalue weighted by molar-refractivity contribution is 6.04. The minimum absolute atomic E-state index is 0.219. The van der Waals surface area contributed by atoms with Crippen molar-refractivity contribution in [3.8, 4) is 0 Å². The third-order valence-corrected chi connectivity index (χ3v) is 3.28. The van der Waals surface area contributed by atoms with Gasteiger partial charge in [-0.15, -0.1) is 0 Å². The molecular weight excluding hydrogens is 232 g/mol. The van der Waals surface area contributed by atoms with Crippen molar-refractivity contribution in [1.29, 1.82) is 0 Å². The average molecular weight is 256 g/mol. The van der Waals surface area contributed by atoms with Crippen LogP contribution in [0.25, 0.3) is 0 Å². The van der Waals surface area contributed by atoms with Crippen LogP contribution in [0.5, 0.6) is 0 Å². The second-order valence-electron chi connectivity index (χ2n) is 4.95. The zero-order valence-corrected chi connectivity index (χ0v) is 11.1. The molecule has 3 N–H and O–H groups in total. The molecule has 18 heavy (non-hydrogen) atoms. The number of rotatable bonds is 9. The number of unbranched alkanes of at least 4 members (excludes halogenated alkanes) is 3. The lowest BCUT2D eigenvalue weighted by Crippen LogP contribution is -2.28. The Morgan fingerprint density at radius 1 is 1.17 bits per heavy atom. The molecule has 2 atom stereocenters. The van der Waals surface area contributed by atoms with Crippen LogP contribution < -0.4 is 10.6 Å². The van der Waals surface area contributed by atoms with Gasteiger partial charge in [-0.25, -0.2) is 4.79 Å². The predicted molar refractivity (Wildman–Crippen MR) is 69.1 cm³/mol. The fourth-order valence-corrected chi connectivity index (χ4v) is 2.16. The number of urea groups is 1.